The van der Waals surface area contributed by atoms with Gasteiger partial charge in [0.15, 0.2) is 5.16 Å². The summed E-state index contributed by atoms with van der Waals surface area (Å²) in [5, 5.41) is 10.7. The van der Waals surface area contributed by atoms with Crippen LogP contribution < -0.4 is 5.56 Å². The molecule has 0 saturated carbocycles. The van der Waals surface area contributed by atoms with Gasteiger partial charge in [-0.15, -0.1) is 0 Å². The molecule has 3 rings (SSSR count). The highest BCUT2D eigenvalue weighted by molar-refractivity contribution is 7.98. The number of nitriles is 1. The van der Waals surface area contributed by atoms with E-state index in [-0.39, 0.29) is 5.56 Å². The lowest BCUT2D eigenvalue weighted by Gasteiger charge is -2.05. The lowest BCUT2D eigenvalue weighted by atomic mass is 10.1. The van der Waals surface area contributed by atoms with E-state index in [9.17, 15) is 10.1 Å². The van der Waals surface area contributed by atoms with Gasteiger partial charge in [-0.2, -0.15) is 5.26 Å². The van der Waals surface area contributed by atoms with Gasteiger partial charge in [0, 0.05) is 17.3 Å². The molecular formula is C14H10N4OS. The second kappa shape index (κ2) is 4.87. The van der Waals surface area contributed by atoms with Gasteiger partial charge in [0.25, 0.3) is 5.56 Å². The van der Waals surface area contributed by atoms with Gasteiger partial charge in [0.2, 0.25) is 0 Å². The number of H-pyrrole nitrogens is 2. The monoisotopic (exact) mass is 282 g/mol. The standard InChI is InChI=1S/C14H10N4OS/c1-20-14-17-12(10(7-15)13(19)18-14)9-3-2-8-4-5-16-11(8)6-9/h2-6,16H,1H3,(H,17,18,19). The van der Waals surface area contributed by atoms with Crippen LogP contribution in [0.4, 0.5) is 0 Å². The van der Waals surface area contributed by atoms with Crippen LogP contribution in [0.1, 0.15) is 5.56 Å². The highest BCUT2D eigenvalue weighted by atomic mass is 32.2. The molecule has 3 aromatic rings. The van der Waals surface area contributed by atoms with Crippen molar-refractivity contribution in [3.8, 4) is 17.3 Å². The van der Waals surface area contributed by atoms with Gasteiger partial charge >= 0.3 is 0 Å². The number of aromatic amines is 2. The van der Waals surface area contributed by atoms with Gasteiger partial charge in [-0.05, 0) is 23.8 Å². The average molecular weight is 282 g/mol. The van der Waals surface area contributed by atoms with E-state index in [4.69, 9.17) is 0 Å². The van der Waals surface area contributed by atoms with Crippen LogP contribution in [0.3, 0.4) is 0 Å². The zero-order valence-corrected chi connectivity index (χ0v) is 11.4. The van der Waals surface area contributed by atoms with Crippen LogP contribution in [-0.2, 0) is 0 Å². The van der Waals surface area contributed by atoms with Crippen LogP contribution in [-0.4, -0.2) is 21.2 Å². The maximum atomic E-state index is 11.9. The summed E-state index contributed by atoms with van der Waals surface area (Å²) in [6, 6.07) is 9.58. The molecule has 0 aliphatic rings. The van der Waals surface area contributed by atoms with Gasteiger partial charge in [-0.1, -0.05) is 23.9 Å². The third-order valence-electron chi connectivity index (χ3n) is 3.03. The normalized spacial score (nSPS) is 10.6. The van der Waals surface area contributed by atoms with Crippen LogP contribution in [0.15, 0.2) is 40.4 Å². The number of nitrogens with one attached hydrogen (secondary N) is 2. The van der Waals surface area contributed by atoms with Crippen LogP contribution in [0.5, 0.6) is 0 Å². The number of hydrogen-bond acceptors (Lipinski definition) is 4. The Morgan fingerprint density at radius 1 is 1.35 bits per heavy atom. The Kier molecular flexibility index (Phi) is 3.05. The quantitative estimate of drug-likeness (QED) is 0.558. The molecule has 0 unspecified atom stereocenters. The van der Waals surface area contributed by atoms with Crippen molar-refractivity contribution >= 4 is 22.7 Å². The third kappa shape index (κ3) is 1.98. The summed E-state index contributed by atoms with van der Waals surface area (Å²) in [5.74, 6) is 0. The van der Waals surface area contributed by atoms with Crippen molar-refractivity contribution in [3.05, 3.63) is 46.4 Å². The molecule has 2 heterocycles. The fourth-order valence-electron chi connectivity index (χ4n) is 2.06. The Bertz CT molecular complexity index is 888. The zero-order chi connectivity index (χ0) is 14.1. The summed E-state index contributed by atoms with van der Waals surface area (Å²) in [7, 11) is 0. The molecule has 2 aromatic heterocycles. The molecular weight excluding hydrogens is 272 g/mol. The lowest BCUT2D eigenvalue weighted by molar-refractivity contribution is 0.938. The van der Waals surface area contributed by atoms with E-state index in [2.05, 4.69) is 15.0 Å². The molecule has 0 radical (unpaired) electrons. The number of thioether (sulfide) groups is 1. The van der Waals surface area contributed by atoms with E-state index in [0.717, 1.165) is 16.5 Å². The summed E-state index contributed by atoms with van der Waals surface area (Å²) in [6.45, 7) is 0. The minimum absolute atomic E-state index is 0.0358. The number of fused-ring (bicyclic) bond motifs is 1. The van der Waals surface area contributed by atoms with Crippen LogP contribution in [0, 0.1) is 11.3 Å². The Balaban J connectivity index is 2.29. The molecule has 0 atom stereocenters. The third-order valence-corrected chi connectivity index (χ3v) is 3.61. The summed E-state index contributed by atoms with van der Waals surface area (Å²) >= 11 is 1.33. The predicted molar refractivity (Wildman–Crippen MR) is 78.6 cm³/mol. The molecule has 0 saturated heterocycles. The fourth-order valence-corrected chi connectivity index (χ4v) is 2.43. The number of benzene rings is 1. The van der Waals surface area contributed by atoms with E-state index < -0.39 is 5.56 Å². The summed E-state index contributed by atoms with van der Waals surface area (Å²) in [4.78, 5) is 21.9. The largest absolute Gasteiger partial charge is 0.361 e. The first-order chi connectivity index (χ1) is 9.72. The first-order valence-corrected chi connectivity index (χ1v) is 7.11. The van der Waals surface area contributed by atoms with Crippen molar-refractivity contribution in [1.82, 2.24) is 15.0 Å². The molecule has 5 nitrogen and oxygen atoms in total. The van der Waals surface area contributed by atoms with Crippen LogP contribution in [0.25, 0.3) is 22.2 Å². The number of hydrogen-bond donors (Lipinski definition) is 2. The molecule has 0 amide bonds. The van der Waals surface area contributed by atoms with E-state index in [0.29, 0.717) is 10.9 Å². The Morgan fingerprint density at radius 2 is 2.20 bits per heavy atom. The van der Waals surface area contributed by atoms with Crippen LogP contribution >= 0.6 is 11.8 Å². The Labute approximate surface area is 118 Å². The van der Waals surface area contributed by atoms with Gasteiger partial charge in [-0.3, -0.25) is 4.79 Å². The molecule has 20 heavy (non-hydrogen) atoms. The average Bonchev–Trinajstić information content (AvgIpc) is 2.93. The first-order valence-electron chi connectivity index (χ1n) is 5.89. The maximum Gasteiger partial charge on any atom is 0.270 e. The van der Waals surface area contributed by atoms with E-state index in [1.165, 1.54) is 11.8 Å². The highest BCUT2D eigenvalue weighted by Crippen LogP contribution is 2.24. The molecule has 0 fully saturated rings. The second-order valence-corrected chi connectivity index (χ2v) is 4.99. The highest BCUT2D eigenvalue weighted by Gasteiger charge is 2.13. The fraction of sp³-hybridized carbons (Fsp3) is 0.0714. The van der Waals surface area contributed by atoms with Crippen molar-refractivity contribution in [1.29, 1.82) is 5.26 Å². The molecule has 6 heteroatoms. The number of rotatable bonds is 2. The minimum Gasteiger partial charge on any atom is -0.361 e. The van der Waals surface area contributed by atoms with Crippen molar-refractivity contribution < 1.29 is 0 Å². The molecule has 0 spiro atoms. The van der Waals surface area contributed by atoms with Gasteiger partial charge in [-0.25, -0.2) is 4.98 Å². The van der Waals surface area contributed by atoms with Crippen molar-refractivity contribution in [3.63, 3.8) is 0 Å². The van der Waals surface area contributed by atoms with Crippen molar-refractivity contribution in [2.75, 3.05) is 6.26 Å². The van der Waals surface area contributed by atoms with Gasteiger partial charge in [0.05, 0.1) is 5.69 Å². The molecule has 98 valence electrons. The molecule has 0 aliphatic carbocycles. The van der Waals surface area contributed by atoms with Crippen molar-refractivity contribution in [2.45, 2.75) is 5.16 Å². The van der Waals surface area contributed by atoms with E-state index in [1.807, 2.05) is 42.8 Å². The molecule has 0 bridgehead atoms. The summed E-state index contributed by atoms with van der Waals surface area (Å²) in [6.07, 6.45) is 3.67. The predicted octanol–water partition coefficient (Wildman–Crippen LogP) is 2.51. The van der Waals surface area contributed by atoms with E-state index >= 15 is 0 Å². The lowest BCUT2D eigenvalue weighted by Crippen LogP contribution is -2.14. The Morgan fingerprint density at radius 3 is 2.95 bits per heavy atom. The topological polar surface area (TPSA) is 85.3 Å². The molecule has 1 aromatic carbocycles. The van der Waals surface area contributed by atoms with Gasteiger partial charge < -0.3 is 9.97 Å². The Hall–Kier alpha value is -2.52. The van der Waals surface area contributed by atoms with Gasteiger partial charge in [0.1, 0.15) is 11.6 Å². The number of aromatic nitrogens is 3. The van der Waals surface area contributed by atoms with Crippen LogP contribution in [0.2, 0.25) is 0 Å². The smallest absolute Gasteiger partial charge is 0.270 e. The molecule has 2 N–H and O–H groups in total. The summed E-state index contributed by atoms with van der Waals surface area (Å²) < 4.78 is 0. The number of nitrogens with zero attached hydrogens (tertiary/aromatic N) is 2. The van der Waals surface area contributed by atoms with Crippen molar-refractivity contribution in [2.24, 2.45) is 0 Å². The zero-order valence-electron chi connectivity index (χ0n) is 10.6. The first kappa shape index (κ1) is 12.5. The minimum atomic E-state index is -0.409. The maximum absolute atomic E-state index is 11.9. The van der Waals surface area contributed by atoms with E-state index in [1.54, 1.807) is 0 Å². The second-order valence-electron chi connectivity index (χ2n) is 4.19. The molecule has 0 aliphatic heterocycles. The SMILES string of the molecule is CSc1nc(-c2ccc3cc[nH]c3c2)c(C#N)c(=O)[nH]1. The summed E-state index contributed by atoms with van der Waals surface area (Å²) in [5.41, 5.74) is 1.73.